The third kappa shape index (κ3) is 20.2. The molecule has 16 heteroatoms. The van der Waals surface area contributed by atoms with Crippen LogP contribution in [-0.2, 0) is 131 Å². The molecule has 0 radical (unpaired) electrons. The van der Waals surface area contributed by atoms with Gasteiger partial charge in [-0.25, -0.2) is 0 Å². The predicted octanol–water partition coefficient (Wildman–Crippen LogP) is 14.8. The molecule has 0 aliphatic carbocycles. The van der Waals surface area contributed by atoms with Crippen LogP contribution in [0.3, 0.4) is 0 Å². The van der Waals surface area contributed by atoms with Gasteiger partial charge in [0.25, 0.3) is 0 Å². The molecule has 0 aromatic heterocycles. The summed E-state index contributed by atoms with van der Waals surface area (Å²) >= 11 is 7.97. The van der Waals surface area contributed by atoms with Crippen molar-refractivity contribution in [3.63, 3.8) is 0 Å². The Hall–Kier alpha value is -7.75. The maximum Gasteiger partial charge on any atom is 0.198 e. The second-order valence-electron chi connectivity index (χ2n) is 24.3. The standard InChI is InChI=1S/C82H85ClO15/c1-84-81-78(92-54-66-43-25-9-26-44-66)73(88-50-62-35-17-5-18-36-62)70(96-81)58-94-80-71(83)75(89-51-63-37-19-6-20-38-63)77(91-53-65-41-23-8-24-42-65)74(69(95-80)57-86-48-60-31-13-3-14-32-60)98-82-79(93-55-67-45-27-10-28-46-67)76(90-52-64-39-21-7-22-40-64)72(87-49-61-33-15-4-16-34-61)68(97-82)56-85-47-59-29-11-2-12-30-59/h2-46,68-70,72-74,76-82H,47-58H2,1H3/t68-,69-,70-,72+,73-,74-,76+,77+,78+,79-,80+,81+,82+/m1/s1. The number of hydrogen-bond acceptors (Lipinski definition) is 15. The van der Waals surface area contributed by atoms with Crippen LogP contribution >= 0.6 is 11.6 Å². The highest BCUT2D eigenvalue weighted by atomic mass is 35.5. The van der Waals surface area contributed by atoms with Gasteiger partial charge in [-0.05, 0) is 50.1 Å². The van der Waals surface area contributed by atoms with Crippen LogP contribution in [0.25, 0.3) is 0 Å². The second-order valence-corrected chi connectivity index (χ2v) is 24.7. The van der Waals surface area contributed by atoms with Gasteiger partial charge in [-0.3, -0.25) is 0 Å². The smallest absolute Gasteiger partial charge is 0.198 e. The maximum atomic E-state index is 7.97. The molecule has 13 atom stereocenters. The van der Waals surface area contributed by atoms with Gasteiger partial charge in [-0.2, -0.15) is 0 Å². The summed E-state index contributed by atoms with van der Waals surface area (Å²) in [4.78, 5) is 0. The fraction of sp³-hybridized carbons (Fsp3) is 0.317. The number of methoxy groups -OCH3 is 1. The molecule has 9 aromatic carbocycles. The Bertz CT molecular complexity index is 3710. The van der Waals surface area contributed by atoms with Gasteiger partial charge in [-0.15, -0.1) is 0 Å². The van der Waals surface area contributed by atoms with E-state index in [1.165, 1.54) is 0 Å². The minimum atomic E-state index is -1.36. The zero-order valence-corrected chi connectivity index (χ0v) is 55.7. The topological polar surface area (TPSA) is 138 Å². The Kier molecular flexibility index (Phi) is 26.8. The molecule has 3 aliphatic rings. The zero-order valence-electron chi connectivity index (χ0n) is 55.0. The molecule has 0 N–H and O–H groups in total. The van der Waals surface area contributed by atoms with Crippen LogP contribution in [0.1, 0.15) is 50.1 Å². The molecule has 0 bridgehead atoms. The van der Waals surface area contributed by atoms with Crippen LogP contribution in [0.4, 0.5) is 0 Å². The molecule has 3 heterocycles. The van der Waals surface area contributed by atoms with E-state index in [1.807, 2.05) is 273 Å². The average molecular weight is 1350 g/mol. The van der Waals surface area contributed by atoms with E-state index in [0.29, 0.717) is 6.61 Å². The molecule has 2 saturated heterocycles. The summed E-state index contributed by atoms with van der Waals surface area (Å²) in [6.07, 6.45) is -12.5. The quantitative estimate of drug-likeness (QED) is 0.0372. The lowest BCUT2D eigenvalue weighted by atomic mass is 9.97. The van der Waals surface area contributed by atoms with Crippen LogP contribution in [0.15, 0.2) is 284 Å². The molecule has 510 valence electrons. The predicted molar refractivity (Wildman–Crippen MR) is 370 cm³/mol. The van der Waals surface area contributed by atoms with E-state index in [-0.39, 0.29) is 83.5 Å². The number of rotatable bonds is 35. The van der Waals surface area contributed by atoms with E-state index in [4.69, 9.17) is 82.7 Å². The minimum absolute atomic E-state index is 0.0603. The Balaban J connectivity index is 0.952. The molecule has 2 fully saturated rings. The lowest BCUT2D eigenvalue weighted by Gasteiger charge is -2.47. The molecule has 0 spiro atoms. The molecule has 98 heavy (non-hydrogen) atoms. The van der Waals surface area contributed by atoms with E-state index in [2.05, 4.69) is 0 Å². The Morgan fingerprint density at radius 1 is 0.286 bits per heavy atom. The van der Waals surface area contributed by atoms with Crippen LogP contribution < -0.4 is 0 Å². The van der Waals surface area contributed by atoms with E-state index in [9.17, 15) is 0 Å². The lowest BCUT2D eigenvalue weighted by Crippen LogP contribution is -2.63. The van der Waals surface area contributed by atoms with Gasteiger partial charge >= 0.3 is 0 Å². The molecular weight excluding hydrogens is 1260 g/mol. The SMILES string of the molecule is CO[C@H]1O[C@H](CO[C@H]2O[C@H](COCc3ccccc3)[C@@H](O[C@@H]3O[C@H](COCc4ccccc4)[C@H](OCc4ccccc4)[C@H](OCc4ccccc4)[C@H]3OCc3ccccc3)[C@H](OCc3ccccc3)C(OCc3ccccc3)=C2Cl)[C@@H](OCc2ccccc2)[C@@H]1OCc1ccccc1. The van der Waals surface area contributed by atoms with Gasteiger partial charge in [0.2, 0.25) is 0 Å². The first-order valence-corrected chi connectivity index (χ1v) is 33.8. The monoisotopic (exact) mass is 1340 g/mol. The highest BCUT2D eigenvalue weighted by molar-refractivity contribution is 6.30. The lowest BCUT2D eigenvalue weighted by molar-refractivity contribution is -0.350. The molecule has 15 nitrogen and oxygen atoms in total. The molecule has 12 rings (SSSR count). The number of ether oxygens (including phenoxy) is 15. The highest BCUT2D eigenvalue weighted by Gasteiger charge is 2.54. The summed E-state index contributed by atoms with van der Waals surface area (Å²) in [6, 6.07) is 89.5. The third-order valence-corrected chi connectivity index (χ3v) is 17.5. The van der Waals surface area contributed by atoms with Gasteiger partial charge in [0, 0.05) is 7.11 Å². The van der Waals surface area contributed by atoms with Crippen molar-refractivity contribution in [3.8, 4) is 0 Å². The fourth-order valence-electron chi connectivity index (χ4n) is 12.1. The van der Waals surface area contributed by atoms with E-state index >= 15 is 0 Å². The van der Waals surface area contributed by atoms with Gasteiger partial charge in [0.05, 0.1) is 72.7 Å². The Morgan fingerprint density at radius 3 is 0.969 bits per heavy atom. The molecule has 3 aliphatic heterocycles. The number of hydrogen-bond donors (Lipinski definition) is 0. The number of halogens is 1. The van der Waals surface area contributed by atoms with Crippen LogP contribution in [-0.4, -0.2) is 107 Å². The largest absolute Gasteiger partial charge is 0.489 e. The molecule has 9 aromatic rings. The van der Waals surface area contributed by atoms with Crippen LogP contribution in [0, 0.1) is 0 Å². The summed E-state index contributed by atoms with van der Waals surface area (Å²) in [7, 11) is 1.59. The maximum absolute atomic E-state index is 7.97. The first-order valence-electron chi connectivity index (χ1n) is 33.5. The highest BCUT2D eigenvalue weighted by Crippen LogP contribution is 2.40. The van der Waals surface area contributed by atoms with Crippen LogP contribution in [0.2, 0.25) is 0 Å². The number of benzene rings is 9. The summed E-state index contributed by atoms with van der Waals surface area (Å²) in [6.45, 7) is 1.63. The van der Waals surface area contributed by atoms with E-state index < -0.39 is 79.9 Å². The summed E-state index contributed by atoms with van der Waals surface area (Å²) < 4.78 is 105. The van der Waals surface area contributed by atoms with Crippen molar-refractivity contribution in [3.05, 3.63) is 334 Å². The first-order chi connectivity index (χ1) is 48.5. The van der Waals surface area contributed by atoms with Gasteiger partial charge in [0.1, 0.15) is 78.4 Å². The molecule has 0 amide bonds. The van der Waals surface area contributed by atoms with Crippen molar-refractivity contribution in [1.82, 2.24) is 0 Å². The molecule has 0 saturated carbocycles. The zero-order chi connectivity index (χ0) is 66.8. The van der Waals surface area contributed by atoms with Crippen molar-refractivity contribution in [1.29, 1.82) is 0 Å². The van der Waals surface area contributed by atoms with Gasteiger partial charge < -0.3 is 71.1 Å². The van der Waals surface area contributed by atoms with Gasteiger partial charge in [-0.1, -0.05) is 285 Å². The Morgan fingerprint density at radius 2 is 0.582 bits per heavy atom. The van der Waals surface area contributed by atoms with Crippen molar-refractivity contribution in [2.75, 3.05) is 26.9 Å². The molecular formula is C82H85ClO15. The average Bonchev–Trinajstić information content (AvgIpc) is 1.73. The van der Waals surface area contributed by atoms with E-state index in [1.54, 1.807) is 7.11 Å². The Labute approximate surface area is 579 Å². The minimum Gasteiger partial charge on any atom is -0.489 e. The van der Waals surface area contributed by atoms with Crippen LogP contribution in [0.5, 0.6) is 0 Å². The van der Waals surface area contributed by atoms with Crippen molar-refractivity contribution >= 4 is 11.6 Å². The second kappa shape index (κ2) is 37.4. The molecule has 0 unspecified atom stereocenters. The van der Waals surface area contributed by atoms with Gasteiger partial charge in [0.15, 0.2) is 18.9 Å². The van der Waals surface area contributed by atoms with Crippen molar-refractivity contribution < 1.29 is 71.1 Å². The normalized spacial score (nSPS) is 24.1. The summed E-state index contributed by atoms with van der Waals surface area (Å²) in [5.41, 5.74) is 8.40. The summed E-state index contributed by atoms with van der Waals surface area (Å²) in [5.74, 6) is 0.191. The fourth-order valence-corrected chi connectivity index (χ4v) is 12.4. The van der Waals surface area contributed by atoms with Crippen molar-refractivity contribution in [2.24, 2.45) is 0 Å². The summed E-state index contributed by atoms with van der Waals surface area (Å²) in [5, 5.41) is 0.0603. The first kappa shape index (κ1) is 70.1. The van der Waals surface area contributed by atoms with Crippen molar-refractivity contribution in [2.45, 2.75) is 139 Å². The van der Waals surface area contributed by atoms with E-state index in [0.717, 1.165) is 50.1 Å². The third-order valence-electron chi connectivity index (χ3n) is 17.2.